The van der Waals surface area contributed by atoms with Crippen LogP contribution in [0.2, 0.25) is 0 Å². The highest BCUT2D eigenvalue weighted by Crippen LogP contribution is 2.30. The standard InChI is InChI=1S/C21H30N4O2/c1-2-16-5-3-4-6-19(16)25-14-17(13-20(25)26)21(27)24-10-7-18(15-24)23-11-8-22-9-12-23/h3-6,17-18,22H,2,7-15H2,1H3. The highest BCUT2D eigenvalue weighted by atomic mass is 16.2. The third kappa shape index (κ3) is 3.73. The lowest BCUT2D eigenvalue weighted by atomic mass is 10.1. The lowest BCUT2D eigenvalue weighted by Gasteiger charge is -2.32. The van der Waals surface area contributed by atoms with Crippen LogP contribution in [0.3, 0.4) is 0 Å². The van der Waals surface area contributed by atoms with Crippen molar-refractivity contribution >= 4 is 17.5 Å². The van der Waals surface area contributed by atoms with Gasteiger partial charge in [0.1, 0.15) is 0 Å². The van der Waals surface area contributed by atoms with E-state index in [1.54, 1.807) is 0 Å². The molecular weight excluding hydrogens is 340 g/mol. The molecule has 6 nitrogen and oxygen atoms in total. The Morgan fingerprint density at radius 3 is 2.70 bits per heavy atom. The first-order chi connectivity index (χ1) is 13.2. The third-order valence-electron chi connectivity index (χ3n) is 6.28. The minimum Gasteiger partial charge on any atom is -0.341 e. The molecule has 3 aliphatic heterocycles. The number of hydrogen-bond donors (Lipinski definition) is 1. The van der Waals surface area contributed by atoms with E-state index in [1.807, 2.05) is 28.0 Å². The molecule has 1 N–H and O–H groups in total. The number of rotatable bonds is 4. The molecule has 1 aromatic carbocycles. The fraction of sp³-hybridized carbons (Fsp3) is 0.619. The number of carbonyl (C=O) groups excluding carboxylic acids is 2. The van der Waals surface area contributed by atoms with Crippen molar-refractivity contribution in [3.8, 4) is 0 Å². The first-order valence-electron chi connectivity index (χ1n) is 10.3. The maximum absolute atomic E-state index is 13.1. The predicted octanol–water partition coefficient (Wildman–Crippen LogP) is 1.11. The van der Waals surface area contributed by atoms with E-state index in [9.17, 15) is 9.59 Å². The fourth-order valence-electron chi connectivity index (χ4n) is 4.72. The van der Waals surface area contributed by atoms with Gasteiger partial charge in [0.25, 0.3) is 0 Å². The van der Waals surface area contributed by atoms with Gasteiger partial charge in [0.15, 0.2) is 0 Å². The van der Waals surface area contributed by atoms with Gasteiger partial charge < -0.3 is 15.1 Å². The molecule has 0 saturated carbocycles. The first kappa shape index (κ1) is 18.4. The minimum absolute atomic E-state index is 0.0760. The van der Waals surface area contributed by atoms with Gasteiger partial charge in [0.2, 0.25) is 11.8 Å². The molecule has 3 heterocycles. The number of benzene rings is 1. The van der Waals surface area contributed by atoms with Gasteiger partial charge in [-0.15, -0.1) is 0 Å². The van der Waals surface area contributed by atoms with Gasteiger partial charge >= 0.3 is 0 Å². The van der Waals surface area contributed by atoms with Crippen LogP contribution in [0.5, 0.6) is 0 Å². The number of anilines is 1. The van der Waals surface area contributed by atoms with Crippen LogP contribution in [0.15, 0.2) is 24.3 Å². The van der Waals surface area contributed by atoms with Crippen LogP contribution in [-0.2, 0) is 16.0 Å². The Morgan fingerprint density at radius 1 is 1.15 bits per heavy atom. The summed E-state index contributed by atoms with van der Waals surface area (Å²) < 4.78 is 0. The second kappa shape index (κ2) is 7.98. The number of amides is 2. The van der Waals surface area contributed by atoms with Crippen molar-refractivity contribution in [2.45, 2.75) is 32.2 Å². The van der Waals surface area contributed by atoms with E-state index in [2.05, 4.69) is 23.2 Å². The summed E-state index contributed by atoms with van der Waals surface area (Å²) in [4.78, 5) is 32.0. The van der Waals surface area contributed by atoms with E-state index >= 15 is 0 Å². The number of piperazine rings is 1. The highest BCUT2D eigenvalue weighted by Gasteiger charge is 2.40. The van der Waals surface area contributed by atoms with Crippen molar-refractivity contribution in [2.24, 2.45) is 5.92 Å². The van der Waals surface area contributed by atoms with E-state index in [0.29, 0.717) is 19.0 Å². The molecule has 0 bridgehead atoms. The van der Waals surface area contributed by atoms with E-state index in [1.165, 1.54) is 5.56 Å². The second-order valence-electron chi connectivity index (χ2n) is 7.90. The summed E-state index contributed by atoms with van der Waals surface area (Å²) in [5.74, 6) is 0.0359. The van der Waals surface area contributed by atoms with Crippen LogP contribution in [0.25, 0.3) is 0 Å². The normalized spacial score (nSPS) is 26.8. The van der Waals surface area contributed by atoms with Crippen molar-refractivity contribution < 1.29 is 9.59 Å². The molecule has 0 radical (unpaired) electrons. The van der Waals surface area contributed by atoms with Gasteiger partial charge in [-0.1, -0.05) is 25.1 Å². The molecule has 146 valence electrons. The lowest BCUT2D eigenvalue weighted by Crippen LogP contribution is -2.49. The predicted molar refractivity (Wildman–Crippen MR) is 106 cm³/mol. The van der Waals surface area contributed by atoms with Gasteiger partial charge in [0, 0.05) is 64.0 Å². The molecule has 6 heteroatoms. The van der Waals surface area contributed by atoms with Crippen LogP contribution < -0.4 is 10.2 Å². The first-order valence-corrected chi connectivity index (χ1v) is 10.3. The topological polar surface area (TPSA) is 55.9 Å². The smallest absolute Gasteiger partial charge is 0.228 e. The summed E-state index contributed by atoms with van der Waals surface area (Å²) in [6, 6.07) is 8.52. The van der Waals surface area contributed by atoms with Gasteiger partial charge in [-0.05, 0) is 24.5 Å². The molecule has 0 aliphatic carbocycles. The molecule has 1 aromatic rings. The Labute approximate surface area is 161 Å². The summed E-state index contributed by atoms with van der Waals surface area (Å²) in [7, 11) is 0. The summed E-state index contributed by atoms with van der Waals surface area (Å²) in [6.07, 6.45) is 2.28. The van der Waals surface area contributed by atoms with Gasteiger partial charge in [-0.2, -0.15) is 0 Å². The number of para-hydroxylation sites is 1. The number of nitrogens with one attached hydrogen (secondary N) is 1. The van der Waals surface area contributed by atoms with E-state index < -0.39 is 0 Å². The van der Waals surface area contributed by atoms with Crippen LogP contribution >= 0.6 is 0 Å². The van der Waals surface area contributed by atoms with E-state index in [-0.39, 0.29) is 17.7 Å². The molecule has 3 aliphatic rings. The molecule has 3 fully saturated rings. The number of aryl methyl sites for hydroxylation is 1. The van der Waals surface area contributed by atoms with Gasteiger partial charge in [0.05, 0.1) is 5.92 Å². The number of hydrogen-bond acceptors (Lipinski definition) is 4. The lowest BCUT2D eigenvalue weighted by molar-refractivity contribution is -0.135. The Kier molecular flexibility index (Phi) is 5.45. The second-order valence-corrected chi connectivity index (χ2v) is 7.90. The van der Waals surface area contributed by atoms with Crippen LogP contribution in [0, 0.1) is 5.92 Å². The average molecular weight is 370 g/mol. The van der Waals surface area contributed by atoms with Crippen molar-refractivity contribution in [3.05, 3.63) is 29.8 Å². The van der Waals surface area contributed by atoms with Gasteiger partial charge in [-0.25, -0.2) is 0 Å². The van der Waals surface area contributed by atoms with E-state index in [0.717, 1.165) is 57.8 Å². The number of likely N-dealkylation sites (tertiary alicyclic amines) is 1. The monoisotopic (exact) mass is 370 g/mol. The molecule has 0 spiro atoms. The van der Waals surface area contributed by atoms with Crippen molar-refractivity contribution in [2.75, 3.05) is 50.7 Å². The number of nitrogens with zero attached hydrogens (tertiary/aromatic N) is 3. The molecule has 3 saturated heterocycles. The van der Waals surface area contributed by atoms with Crippen LogP contribution in [-0.4, -0.2) is 73.5 Å². The van der Waals surface area contributed by atoms with Crippen LogP contribution in [0.1, 0.15) is 25.3 Å². The molecule has 2 amide bonds. The summed E-state index contributed by atoms with van der Waals surface area (Å²) >= 11 is 0. The largest absolute Gasteiger partial charge is 0.341 e. The molecular formula is C21H30N4O2. The van der Waals surface area contributed by atoms with Gasteiger partial charge in [-0.3, -0.25) is 14.5 Å². The Balaban J connectivity index is 1.39. The summed E-state index contributed by atoms with van der Waals surface area (Å²) in [5.41, 5.74) is 2.14. The van der Waals surface area contributed by atoms with Crippen LogP contribution in [0.4, 0.5) is 5.69 Å². The Morgan fingerprint density at radius 2 is 1.93 bits per heavy atom. The highest BCUT2D eigenvalue weighted by molar-refractivity contribution is 6.00. The average Bonchev–Trinajstić information content (AvgIpc) is 3.35. The fourth-order valence-corrected chi connectivity index (χ4v) is 4.72. The molecule has 27 heavy (non-hydrogen) atoms. The quantitative estimate of drug-likeness (QED) is 0.863. The van der Waals surface area contributed by atoms with Crippen molar-refractivity contribution in [1.82, 2.24) is 15.1 Å². The maximum atomic E-state index is 13.1. The maximum Gasteiger partial charge on any atom is 0.228 e. The van der Waals surface area contributed by atoms with Crippen molar-refractivity contribution in [3.63, 3.8) is 0 Å². The minimum atomic E-state index is -0.204. The van der Waals surface area contributed by atoms with E-state index in [4.69, 9.17) is 0 Å². The SMILES string of the molecule is CCc1ccccc1N1CC(C(=O)N2CCC(N3CCNCC3)C2)CC1=O. The number of carbonyl (C=O) groups is 2. The zero-order valence-corrected chi connectivity index (χ0v) is 16.2. The third-order valence-corrected chi connectivity index (χ3v) is 6.28. The Hall–Kier alpha value is -1.92. The summed E-state index contributed by atoms with van der Waals surface area (Å²) in [6.45, 7) is 8.46. The molecule has 0 aromatic heterocycles. The molecule has 4 rings (SSSR count). The molecule has 2 unspecified atom stereocenters. The Bertz CT molecular complexity index is 701. The molecule has 2 atom stereocenters. The zero-order valence-electron chi connectivity index (χ0n) is 16.2. The zero-order chi connectivity index (χ0) is 18.8. The van der Waals surface area contributed by atoms with Crippen molar-refractivity contribution in [1.29, 1.82) is 0 Å². The summed E-state index contributed by atoms with van der Waals surface area (Å²) in [5, 5.41) is 3.39.